The largest absolute Gasteiger partial charge is 0.327 e. The Labute approximate surface area is 104 Å². The van der Waals surface area contributed by atoms with Crippen LogP contribution in [0.5, 0.6) is 0 Å². The number of hydrogen-bond acceptors (Lipinski definition) is 1. The lowest BCUT2D eigenvalue weighted by molar-refractivity contribution is 0.508. The predicted molar refractivity (Wildman–Crippen MR) is 68.0 cm³/mol. The molecule has 0 spiro atoms. The number of benzene rings is 1. The van der Waals surface area contributed by atoms with Gasteiger partial charge in [-0.1, -0.05) is 13.0 Å². The smallest absolute Gasteiger partial charge is 0.141 e. The van der Waals surface area contributed by atoms with Gasteiger partial charge in [-0.3, -0.25) is 0 Å². The van der Waals surface area contributed by atoms with Gasteiger partial charge in [0.2, 0.25) is 0 Å². The molecule has 1 nitrogen and oxygen atoms in total. The predicted octanol–water partition coefficient (Wildman–Crippen LogP) is 3.53. The van der Waals surface area contributed by atoms with Crippen molar-refractivity contribution in [3.63, 3.8) is 0 Å². The minimum absolute atomic E-state index is 0.0148. The number of hydrogen-bond donors (Lipinski definition) is 1. The molecule has 1 fully saturated rings. The summed E-state index contributed by atoms with van der Waals surface area (Å²) in [7, 11) is 0. The fourth-order valence-corrected chi connectivity index (χ4v) is 2.82. The monoisotopic (exact) mass is 285 g/mol. The number of aryl methyl sites for hydroxylation is 1. The van der Waals surface area contributed by atoms with Crippen LogP contribution in [0.25, 0.3) is 0 Å². The molecule has 1 aliphatic carbocycles. The van der Waals surface area contributed by atoms with Crippen molar-refractivity contribution in [2.24, 2.45) is 5.73 Å². The molecule has 3 heteroatoms. The van der Waals surface area contributed by atoms with Gasteiger partial charge < -0.3 is 5.73 Å². The Kier molecular flexibility index (Phi) is 3.10. The third-order valence-electron chi connectivity index (χ3n) is 3.69. The SMILES string of the molecule is CCc1cc(Br)c(F)c(C2(C(C)N)CC2)c1. The maximum atomic E-state index is 14.1. The normalized spacial score (nSPS) is 19.6. The molecular formula is C13H17BrFN. The van der Waals surface area contributed by atoms with E-state index in [-0.39, 0.29) is 17.3 Å². The maximum Gasteiger partial charge on any atom is 0.141 e. The summed E-state index contributed by atoms with van der Waals surface area (Å²) >= 11 is 3.29. The zero-order valence-corrected chi connectivity index (χ0v) is 11.3. The summed E-state index contributed by atoms with van der Waals surface area (Å²) in [5, 5.41) is 0. The van der Waals surface area contributed by atoms with Gasteiger partial charge in [-0.05, 0) is 59.3 Å². The van der Waals surface area contributed by atoms with E-state index in [1.165, 1.54) is 0 Å². The highest BCUT2D eigenvalue weighted by Crippen LogP contribution is 2.52. The highest BCUT2D eigenvalue weighted by molar-refractivity contribution is 9.10. The van der Waals surface area contributed by atoms with E-state index >= 15 is 0 Å². The summed E-state index contributed by atoms with van der Waals surface area (Å²) < 4.78 is 14.7. The minimum atomic E-state index is -0.132. The third kappa shape index (κ3) is 1.80. The molecule has 1 aliphatic rings. The van der Waals surface area contributed by atoms with Gasteiger partial charge in [-0.15, -0.1) is 0 Å². The van der Waals surface area contributed by atoms with Crippen LogP contribution in [0.3, 0.4) is 0 Å². The molecule has 1 unspecified atom stereocenters. The van der Waals surface area contributed by atoms with Gasteiger partial charge in [0, 0.05) is 11.5 Å². The van der Waals surface area contributed by atoms with Crippen LogP contribution in [0.15, 0.2) is 16.6 Å². The second-order valence-corrected chi connectivity index (χ2v) is 5.59. The lowest BCUT2D eigenvalue weighted by Gasteiger charge is -2.22. The standard InChI is InChI=1S/C13H17BrFN/c1-3-9-6-10(12(15)11(14)7-9)13(4-5-13)8(2)16/h6-8H,3-5,16H2,1-2H3. The van der Waals surface area contributed by atoms with Crippen molar-refractivity contribution >= 4 is 15.9 Å². The molecule has 0 heterocycles. The second kappa shape index (κ2) is 4.11. The van der Waals surface area contributed by atoms with Gasteiger partial charge in [0.05, 0.1) is 4.47 Å². The molecule has 0 amide bonds. The van der Waals surface area contributed by atoms with Crippen molar-refractivity contribution in [2.45, 2.75) is 44.6 Å². The molecular weight excluding hydrogens is 269 g/mol. The van der Waals surface area contributed by atoms with Crippen LogP contribution in [0.4, 0.5) is 4.39 Å². The van der Waals surface area contributed by atoms with Crippen molar-refractivity contribution in [3.05, 3.63) is 33.5 Å². The molecule has 16 heavy (non-hydrogen) atoms. The molecule has 88 valence electrons. The minimum Gasteiger partial charge on any atom is -0.327 e. The van der Waals surface area contributed by atoms with Gasteiger partial charge in [0.25, 0.3) is 0 Å². The fourth-order valence-electron chi connectivity index (χ4n) is 2.32. The lowest BCUT2D eigenvalue weighted by atomic mass is 9.88. The van der Waals surface area contributed by atoms with E-state index in [4.69, 9.17) is 5.73 Å². The molecule has 0 saturated heterocycles. The van der Waals surface area contributed by atoms with Crippen LogP contribution >= 0.6 is 15.9 Å². The number of halogens is 2. The van der Waals surface area contributed by atoms with Crippen LogP contribution in [0.1, 0.15) is 37.8 Å². The summed E-state index contributed by atoms with van der Waals surface area (Å²) in [6.07, 6.45) is 2.92. The topological polar surface area (TPSA) is 26.0 Å². The Morgan fingerprint density at radius 3 is 2.56 bits per heavy atom. The van der Waals surface area contributed by atoms with Gasteiger partial charge in [0.15, 0.2) is 0 Å². The van der Waals surface area contributed by atoms with Crippen molar-refractivity contribution in [1.29, 1.82) is 0 Å². The van der Waals surface area contributed by atoms with Crippen molar-refractivity contribution in [2.75, 3.05) is 0 Å². The van der Waals surface area contributed by atoms with E-state index in [9.17, 15) is 4.39 Å². The molecule has 1 aromatic rings. The summed E-state index contributed by atoms with van der Waals surface area (Å²) in [6, 6.07) is 3.85. The van der Waals surface area contributed by atoms with Gasteiger partial charge in [0.1, 0.15) is 5.82 Å². The molecule has 0 aromatic heterocycles. The fraction of sp³-hybridized carbons (Fsp3) is 0.538. The molecule has 1 saturated carbocycles. The molecule has 1 atom stereocenters. The Morgan fingerprint density at radius 1 is 1.50 bits per heavy atom. The van der Waals surface area contributed by atoms with E-state index in [1.54, 1.807) is 0 Å². The van der Waals surface area contributed by atoms with Crippen LogP contribution in [0.2, 0.25) is 0 Å². The Morgan fingerprint density at radius 2 is 2.12 bits per heavy atom. The molecule has 0 radical (unpaired) electrons. The average molecular weight is 286 g/mol. The first kappa shape index (κ1) is 12.1. The van der Waals surface area contributed by atoms with E-state index in [0.29, 0.717) is 4.47 Å². The third-order valence-corrected chi connectivity index (χ3v) is 4.27. The van der Waals surface area contributed by atoms with Crippen molar-refractivity contribution in [3.8, 4) is 0 Å². The summed E-state index contributed by atoms with van der Waals surface area (Å²) in [4.78, 5) is 0. The van der Waals surface area contributed by atoms with Gasteiger partial charge in [-0.25, -0.2) is 4.39 Å². The Bertz CT molecular complexity index is 411. The van der Waals surface area contributed by atoms with Gasteiger partial charge in [-0.2, -0.15) is 0 Å². The van der Waals surface area contributed by atoms with Crippen LogP contribution < -0.4 is 5.73 Å². The molecule has 2 N–H and O–H groups in total. The summed E-state index contributed by atoms with van der Waals surface area (Å²) in [6.45, 7) is 4.05. The number of rotatable bonds is 3. The quantitative estimate of drug-likeness (QED) is 0.903. The first-order chi connectivity index (χ1) is 7.51. The van der Waals surface area contributed by atoms with Gasteiger partial charge >= 0.3 is 0 Å². The van der Waals surface area contributed by atoms with Crippen LogP contribution in [0, 0.1) is 5.82 Å². The van der Waals surface area contributed by atoms with Crippen molar-refractivity contribution < 1.29 is 4.39 Å². The first-order valence-corrected chi connectivity index (χ1v) is 6.54. The highest BCUT2D eigenvalue weighted by Gasteiger charge is 2.49. The molecule has 1 aromatic carbocycles. The molecule has 0 bridgehead atoms. The first-order valence-electron chi connectivity index (χ1n) is 5.75. The molecule has 0 aliphatic heterocycles. The van der Waals surface area contributed by atoms with E-state index in [2.05, 4.69) is 22.9 Å². The Balaban J connectivity index is 2.52. The van der Waals surface area contributed by atoms with Crippen LogP contribution in [-0.2, 0) is 11.8 Å². The van der Waals surface area contributed by atoms with E-state index < -0.39 is 0 Å². The van der Waals surface area contributed by atoms with Crippen LogP contribution in [-0.4, -0.2) is 6.04 Å². The van der Waals surface area contributed by atoms with E-state index in [0.717, 1.165) is 30.4 Å². The van der Waals surface area contributed by atoms with E-state index in [1.807, 2.05) is 19.1 Å². The maximum absolute atomic E-state index is 14.1. The zero-order valence-electron chi connectivity index (χ0n) is 9.69. The lowest BCUT2D eigenvalue weighted by Crippen LogP contribution is -2.32. The highest BCUT2D eigenvalue weighted by atomic mass is 79.9. The zero-order chi connectivity index (χ0) is 11.9. The summed E-state index contributed by atoms with van der Waals surface area (Å²) in [5.41, 5.74) is 7.84. The average Bonchev–Trinajstić information content (AvgIpc) is 3.02. The summed E-state index contributed by atoms with van der Waals surface area (Å²) in [5.74, 6) is -0.132. The Hall–Kier alpha value is -0.410. The second-order valence-electron chi connectivity index (χ2n) is 4.74. The number of nitrogens with two attached hydrogens (primary N) is 1. The molecule has 2 rings (SSSR count). The van der Waals surface area contributed by atoms with Crippen molar-refractivity contribution in [1.82, 2.24) is 0 Å².